The van der Waals surface area contributed by atoms with Gasteiger partial charge in [-0.2, -0.15) is 0 Å². The van der Waals surface area contributed by atoms with Crippen LogP contribution in [0, 0.1) is 5.92 Å². The van der Waals surface area contributed by atoms with Crippen LogP contribution in [-0.2, 0) is 4.79 Å². The maximum atomic E-state index is 11.6. The van der Waals surface area contributed by atoms with Crippen molar-refractivity contribution >= 4 is 17.5 Å². The fourth-order valence-electron chi connectivity index (χ4n) is 1.84. The molecule has 0 radical (unpaired) electrons. The Labute approximate surface area is 113 Å². The minimum atomic E-state index is -0.0442. The number of carbonyl (C=O) groups excluding carboxylic acids is 1. The summed E-state index contributed by atoms with van der Waals surface area (Å²) in [5, 5.41) is 2.79. The fraction of sp³-hybridized carbons (Fsp3) is 0.615. The van der Waals surface area contributed by atoms with E-state index in [1.807, 2.05) is 13.8 Å². The monoisotopic (exact) mass is 263 g/mol. The second-order valence-electron chi connectivity index (χ2n) is 5.21. The molecule has 6 heteroatoms. The van der Waals surface area contributed by atoms with Crippen molar-refractivity contribution < 1.29 is 4.79 Å². The molecular formula is C13H21N5O. The summed E-state index contributed by atoms with van der Waals surface area (Å²) >= 11 is 0. The highest BCUT2D eigenvalue weighted by Crippen LogP contribution is 2.12. The van der Waals surface area contributed by atoms with Crippen LogP contribution in [0.5, 0.6) is 0 Å². The number of piperazine rings is 1. The Morgan fingerprint density at radius 2 is 1.79 bits per heavy atom. The molecule has 1 amide bonds. The molecule has 1 aromatic rings. The van der Waals surface area contributed by atoms with E-state index in [0.717, 1.165) is 32.1 Å². The third kappa shape index (κ3) is 3.64. The lowest BCUT2D eigenvalue weighted by Crippen LogP contribution is -2.45. The largest absolute Gasteiger partial charge is 0.338 e. The summed E-state index contributed by atoms with van der Waals surface area (Å²) in [5.41, 5.74) is 0.650. The summed E-state index contributed by atoms with van der Waals surface area (Å²) in [6.07, 6.45) is 3.34. The van der Waals surface area contributed by atoms with Crippen molar-refractivity contribution in [2.75, 3.05) is 43.4 Å². The van der Waals surface area contributed by atoms with Gasteiger partial charge in [0.2, 0.25) is 11.9 Å². The number of likely N-dealkylation sites (N-methyl/N-ethyl adjacent to an activating group) is 1. The minimum absolute atomic E-state index is 0.0176. The number of carbonyl (C=O) groups is 1. The molecule has 1 aliphatic heterocycles. The molecule has 1 saturated heterocycles. The summed E-state index contributed by atoms with van der Waals surface area (Å²) in [7, 11) is 2.11. The van der Waals surface area contributed by atoms with Gasteiger partial charge in [0.05, 0.1) is 18.1 Å². The molecule has 19 heavy (non-hydrogen) atoms. The van der Waals surface area contributed by atoms with Crippen LogP contribution in [-0.4, -0.2) is 54.0 Å². The van der Waals surface area contributed by atoms with E-state index in [4.69, 9.17) is 0 Å². The smallest absolute Gasteiger partial charge is 0.227 e. The highest BCUT2D eigenvalue weighted by Gasteiger charge is 2.16. The molecule has 104 valence electrons. The summed E-state index contributed by atoms with van der Waals surface area (Å²) < 4.78 is 0. The molecule has 1 aliphatic rings. The zero-order valence-electron chi connectivity index (χ0n) is 11.8. The Morgan fingerprint density at radius 3 is 2.32 bits per heavy atom. The molecule has 0 unspecified atom stereocenters. The molecule has 0 aromatic carbocycles. The lowest BCUT2D eigenvalue weighted by molar-refractivity contribution is -0.118. The van der Waals surface area contributed by atoms with E-state index in [1.165, 1.54) is 0 Å². The number of rotatable bonds is 3. The van der Waals surface area contributed by atoms with Crippen molar-refractivity contribution in [1.82, 2.24) is 14.9 Å². The van der Waals surface area contributed by atoms with Gasteiger partial charge in [-0.15, -0.1) is 0 Å². The number of anilines is 2. The van der Waals surface area contributed by atoms with Gasteiger partial charge >= 0.3 is 0 Å². The lowest BCUT2D eigenvalue weighted by atomic mass is 10.2. The van der Waals surface area contributed by atoms with E-state index in [1.54, 1.807) is 12.4 Å². The number of hydrogen-bond donors (Lipinski definition) is 1. The van der Waals surface area contributed by atoms with Crippen LogP contribution >= 0.6 is 0 Å². The molecule has 1 N–H and O–H groups in total. The summed E-state index contributed by atoms with van der Waals surface area (Å²) in [6, 6.07) is 0. The van der Waals surface area contributed by atoms with Gasteiger partial charge in [-0.25, -0.2) is 9.97 Å². The van der Waals surface area contributed by atoms with E-state index >= 15 is 0 Å². The normalized spacial score (nSPS) is 16.7. The predicted octanol–water partition coefficient (Wildman–Crippen LogP) is 0.823. The molecule has 0 spiro atoms. The topological polar surface area (TPSA) is 61.4 Å². The van der Waals surface area contributed by atoms with Gasteiger partial charge in [0.15, 0.2) is 0 Å². The van der Waals surface area contributed by atoms with Gasteiger partial charge < -0.3 is 15.1 Å². The molecule has 2 rings (SSSR count). The first kappa shape index (κ1) is 13.7. The average molecular weight is 263 g/mol. The second-order valence-corrected chi connectivity index (χ2v) is 5.21. The number of nitrogens with one attached hydrogen (secondary N) is 1. The maximum Gasteiger partial charge on any atom is 0.227 e. The van der Waals surface area contributed by atoms with E-state index < -0.39 is 0 Å². The molecule has 0 aliphatic carbocycles. The molecule has 2 heterocycles. The average Bonchev–Trinajstić information content (AvgIpc) is 2.40. The first-order chi connectivity index (χ1) is 9.06. The zero-order chi connectivity index (χ0) is 13.8. The third-order valence-corrected chi connectivity index (χ3v) is 3.22. The molecule has 1 fully saturated rings. The van der Waals surface area contributed by atoms with Gasteiger partial charge in [-0.1, -0.05) is 13.8 Å². The van der Waals surface area contributed by atoms with Crippen molar-refractivity contribution in [2.45, 2.75) is 13.8 Å². The predicted molar refractivity (Wildman–Crippen MR) is 75.2 cm³/mol. The molecule has 0 bridgehead atoms. The lowest BCUT2D eigenvalue weighted by Gasteiger charge is -2.32. The number of amides is 1. The fourth-order valence-corrected chi connectivity index (χ4v) is 1.84. The highest BCUT2D eigenvalue weighted by atomic mass is 16.1. The van der Waals surface area contributed by atoms with E-state index in [-0.39, 0.29) is 11.8 Å². The van der Waals surface area contributed by atoms with Crippen LogP contribution in [0.15, 0.2) is 12.4 Å². The number of nitrogens with zero attached hydrogens (tertiary/aromatic N) is 4. The summed E-state index contributed by atoms with van der Waals surface area (Å²) in [6.45, 7) is 7.64. The van der Waals surface area contributed by atoms with Crippen molar-refractivity contribution in [3.8, 4) is 0 Å². The molecule has 6 nitrogen and oxygen atoms in total. The van der Waals surface area contributed by atoms with Crippen molar-refractivity contribution in [1.29, 1.82) is 0 Å². The number of aromatic nitrogens is 2. The van der Waals surface area contributed by atoms with E-state index in [9.17, 15) is 4.79 Å². The summed E-state index contributed by atoms with van der Waals surface area (Å²) in [4.78, 5) is 24.6. The van der Waals surface area contributed by atoms with E-state index in [2.05, 4.69) is 32.1 Å². The van der Waals surface area contributed by atoms with Crippen molar-refractivity contribution in [3.63, 3.8) is 0 Å². The van der Waals surface area contributed by atoms with Crippen LogP contribution in [0.25, 0.3) is 0 Å². The minimum Gasteiger partial charge on any atom is -0.338 e. The second kappa shape index (κ2) is 5.97. The van der Waals surface area contributed by atoms with Crippen LogP contribution in [0.2, 0.25) is 0 Å². The maximum absolute atomic E-state index is 11.6. The Bertz CT molecular complexity index is 423. The van der Waals surface area contributed by atoms with Crippen molar-refractivity contribution in [2.24, 2.45) is 5.92 Å². The first-order valence-electron chi connectivity index (χ1n) is 6.62. The first-order valence-corrected chi connectivity index (χ1v) is 6.62. The van der Waals surface area contributed by atoms with Crippen LogP contribution < -0.4 is 10.2 Å². The van der Waals surface area contributed by atoms with Gasteiger partial charge in [-0.05, 0) is 7.05 Å². The molecular weight excluding hydrogens is 242 g/mol. The zero-order valence-corrected chi connectivity index (χ0v) is 11.8. The molecule has 0 atom stereocenters. The SMILES string of the molecule is CC(C)C(=O)Nc1cnc(N2CCN(C)CC2)nc1. The highest BCUT2D eigenvalue weighted by molar-refractivity contribution is 5.91. The Balaban J connectivity index is 1.96. The Hall–Kier alpha value is -1.69. The summed E-state index contributed by atoms with van der Waals surface area (Å²) in [5.74, 6) is 0.670. The third-order valence-electron chi connectivity index (χ3n) is 3.22. The van der Waals surface area contributed by atoms with Gasteiger partial charge in [0.25, 0.3) is 0 Å². The van der Waals surface area contributed by atoms with Crippen LogP contribution in [0.3, 0.4) is 0 Å². The molecule has 1 aromatic heterocycles. The van der Waals surface area contributed by atoms with E-state index in [0.29, 0.717) is 5.69 Å². The number of hydrogen-bond acceptors (Lipinski definition) is 5. The standard InChI is InChI=1S/C13H21N5O/c1-10(2)12(19)16-11-8-14-13(15-9-11)18-6-4-17(3)5-7-18/h8-10H,4-7H2,1-3H3,(H,16,19). The van der Waals surface area contributed by atoms with Crippen molar-refractivity contribution in [3.05, 3.63) is 12.4 Å². The quantitative estimate of drug-likeness (QED) is 0.875. The Morgan fingerprint density at radius 1 is 1.21 bits per heavy atom. The van der Waals surface area contributed by atoms with Gasteiger partial charge in [0, 0.05) is 32.1 Å². The van der Waals surface area contributed by atoms with Crippen LogP contribution in [0.4, 0.5) is 11.6 Å². The van der Waals surface area contributed by atoms with Gasteiger partial charge in [0.1, 0.15) is 0 Å². The Kier molecular flexibility index (Phi) is 4.31. The molecule has 0 saturated carbocycles. The van der Waals surface area contributed by atoms with Gasteiger partial charge in [-0.3, -0.25) is 4.79 Å². The van der Waals surface area contributed by atoms with Crippen LogP contribution in [0.1, 0.15) is 13.8 Å².